The van der Waals surface area contributed by atoms with Gasteiger partial charge in [-0.15, -0.1) is 0 Å². The zero-order valence-corrected chi connectivity index (χ0v) is 20.7. The average molecular weight is 463 g/mol. The summed E-state index contributed by atoms with van der Waals surface area (Å²) in [5.41, 5.74) is 8.46. The minimum Gasteiger partial charge on any atom is -0.388 e. The van der Waals surface area contributed by atoms with Crippen molar-refractivity contribution in [2.45, 2.75) is 58.8 Å². The van der Waals surface area contributed by atoms with Gasteiger partial charge in [0.2, 0.25) is 5.91 Å². The van der Waals surface area contributed by atoms with E-state index in [1.54, 1.807) is 0 Å². The molecule has 0 saturated carbocycles. The molecule has 1 heterocycles. The second kappa shape index (κ2) is 10.6. The lowest BCUT2D eigenvalue weighted by molar-refractivity contribution is -0.119. The maximum Gasteiger partial charge on any atom is 0.236 e. The van der Waals surface area contributed by atoms with Gasteiger partial charge in [0.15, 0.2) is 0 Å². The fraction of sp³-hybridized carbons (Fsp3) is 0.414. The number of fused-ring (bicyclic) bond motifs is 1. The number of nitrogens with zero attached hydrogens (tertiary/aromatic N) is 1. The summed E-state index contributed by atoms with van der Waals surface area (Å²) in [4.78, 5) is 15.1. The molecule has 2 aromatic carbocycles. The summed E-state index contributed by atoms with van der Waals surface area (Å²) >= 11 is 6.28. The number of anilines is 1. The smallest absolute Gasteiger partial charge is 0.236 e. The second-order valence-electron chi connectivity index (χ2n) is 9.32. The third-order valence-electron chi connectivity index (χ3n) is 6.99. The van der Waals surface area contributed by atoms with E-state index in [0.717, 1.165) is 68.0 Å². The SMILES string of the molecule is C=C(NCC/C(=C/CCC)c1cc(Cl)ccc1C)C1CCN(c2ccc3c(c2)CCC3)C1=O. The molecule has 1 amide bonds. The Kier molecular flexibility index (Phi) is 7.60. The Morgan fingerprint density at radius 2 is 2.03 bits per heavy atom. The number of halogens is 1. The number of amides is 1. The standard InChI is InChI=1S/C29H35ClN2O/c1-4-5-7-23(28-19-25(30)12-10-20(28)2)14-16-31-21(3)27-15-17-32(29(27)33)26-13-11-22-8-6-9-24(22)18-26/h7,10-13,18-19,27,31H,3-6,8-9,14-17H2,1-2H3/b23-7-. The summed E-state index contributed by atoms with van der Waals surface area (Å²) in [5.74, 6) is 0.00659. The number of rotatable bonds is 9. The van der Waals surface area contributed by atoms with Crippen LogP contribution in [0.25, 0.3) is 5.57 Å². The topological polar surface area (TPSA) is 32.3 Å². The van der Waals surface area contributed by atoms with Crippen LogP contribution in [0.3, 0.4) is 0 Å². The van der Waals surface area contributed by atoms with E-state index in [9.17, 15) is 4.79 Å². The number of carbonyl (C=O) groups is 1. The predicted octanol–water partition coefficient (Wildman–Crippen LogP) is 6.87. The minimum absolute atomic E-state index is 0.158. The molecule has 1 N–H and O–H groups in total. The summed E-state index contributed by atoms with van der Waals surface area (Å²) in [5, 5.41) is 4.23. The summed E-state index contributed by atoms with van der Waals surface area (Å²) in [6, 6.07) is 12.6. The van der Waals surface area contributed by atoms with Crippen LogP contribution >= 0.6 is 11.6 Å². The molecule has 1 unspecified atom stereocenters. The number of hydrogen-bond donors (Lipinski definition) is 1. The van der Waals surface area contributed by atoms with E-state index < -0.39 is 0 Å². The number of allylic oxidation sites excluding steroid dienone is 1. The lowest BCUT2D eigenvalue weighted by atomic mass is 9.96. The van der Waals surface area contributed by atoms with Gasteiger partial charge in [0.1, 0.15) is 0 Å². The van der Waals surface area contributed by atoms with Gasteiger partial charge in [-0.1, -0.05) is 49.7 Å². The van der Waals surface area contributed by atoms with E-state index in [2.05, 4.69) is 62.2 Å². The van der Waals surface area contributed by atoms with Crippen molar-refractivity contribution in [1.29, 1.82) is 0 Å². The molecule has 1 atom stereocenters. The monoisotopic (exact) mass is 462 g/mol. The number of hydrogen-bond acceptors (Lipinski definition) is 2. The Morgan fingerprint density at radius 1 is 1.21 bits per heavy atom. The average Bonchev–Trinajstić information content (AvgIpc) is 3.43. The highest BCUT2D eigenvalue weighted by Crippen LogP contribution is 2.32. The number of unbranched alkanes of at least 4 members (excludes halogenated alkanes) is 1. The van der Waals surface area contributed by atoms with Crippen LogP contribution in [0.5, 0.6) is 0 Å². The molecule has 0 radical (unpaired) electrons. The quantitative estimate of drug-likeness (QED) is 0.441. The van der Waals surface area contributed by atoms with Gasteiger partial charge >= 0.3 is 0 Å². The lowest BCUT2D eigenvalue weighted by Crippen LogP contribution is -2.30. The molecular weight excluding hydrogens is 428 g/mol. The number of benzene rings is 2. The Labute approximate surface area is 203 Å². The molecule has 4 heteroatoms. The number of nitrogens with one attached hydrogen (secondary N) is 1. The minimum atomic E-state index is -0.158. The van der Waals surface area contributed by atoms with Gasteiger partial charge in [-0.05, 0) is 97.5 Å². The third-order valence-corrected chi connectivity index (χ3v) is 7.23. The van der Waals surface area contributed by atoms with E-state index in [0.29, 0.717) is 0 Å². The van der Waals surface area contributed by atoms with Gasteiger partial charge in [-0.2, -0.15) is 0 Å². The Morgan fingerprint density at radius 3 is 2.85 bits per heavy atom. The fourth-order valence-corrected chi connectivity index (χ4v) is 5.24. The van der Waals surface area contributed by atoms with Crippen molar-refractivity contribution < 1.29 is 4.79 Å². The molecule has 1 aliphatic heterocycles. The van der Waals surface area contributed by atoms with Gasteiger partial charge in [0.25, 0.3) is 0 Å². The van der Waals surface area contributed by atoms with E-state index >= 15 is 0 Å². The summed E-state index contributed by atoms with van der Waals surface area (Å²) in [6.45, 7) is 10.1. The van der Waals surface area contributed by atoms with Crippen LogP contribution in [0.2, 0.25) is 5.02 Å². The normalized spacial score (nSPS) is 18.0. The van der Waals surface area contributed by atoms with E-state index in [1.165, 1.54) is 34.2 Å². The van der Waals surface area contributed by atoms with Crippen molar-refractivity contribution in [3.8, 4) is 0 Å². The fourth-order valence-electron chi connectivity index (χ4n) is 5.07. The van der Waals surface area contributed by atoms with Crippen LogP contribution in [-0.4, -0.2) is 19.0 Å². The van der Waals surface area contributed by atoms with Crippen LogP contribution in [0.4, 0.5) is 5.69 Å². The zero-order valence-electron chi connectivity index (χ0n) is 19.9. The predicted molar refractivity (Wildman–Crippen MR) is 140 cm³/mol. The first-order valence-corrected chi connectivity index (χ1v) is 12.7. The van der Waals surface area contributed by atoms with Crippen LogP contribution in [0.15, 0.2) is 54.8 Å². The lowest BCUT2D eigenvalue weighted by Gasteiger charge is -2.20. The first-order valence-electron chi connectivity index (χ1n) is 12.3. The second-order valence-corrected chi connectivity index (χ2v) is 9.75. The largest absolute Gasteiger partial charge is 0.388 e. The highest BCUT2D eigenvalue weighted by atomic mass is 35.5. The van der Waals surface area contributed by atoms with Crippen LogP contribution in [0.1, 0.15) is 61.3 Å². The molecule has 2 aliphatic rings. The molecule has 1 fully saturated rings. The van der Waals surface area contributed by atoms with Crippen molar-refractivity contribution in [3.63, 3.8) is 0 Å². The maximum atomic E-state index is 13.2. The van der Waals surface area contributed by atoms with Crippen molar-refractivity contribution in [3.05, 3.63) is 82.0 Å². The van der Waals surface area contributed by atoms with Gasteiger partial charge < -0.3 is 10.2 Å². The summed E-state index contributed by atoms with van der Waals surface area (Å²) < 4.78 is 0. The zero-order chi connectivity index (χ0) is 23.4. The first-order chi connectivity index (χ1) is 16.0. The van der Waals surface area contributed by atoms with Crippen LogP contribution < -0.4 is 10.2 Å². The molecule has 0 spiro atoms. The maximum absolute atomic E-state index is 13.2. The molecular formula is C29H35ClN2O. The molecule has 1 saturated heterocycles. The van der Waals surface area contributed by atoms with Gasteiger partial charge in [0.05, 0.1) is 5.92 Å². The van der Waals surface area contributed by atoms with E-state index in [4.69, 9.17) is 11.6 Å². The third kappa shape index (κ3) is 5.35. The Balaban J connectivity index is 1.37. The molecule has 0 bridgehead atoms. The summed E-state index contributed by atoms with van der Waals surface area (Å²) in [6.07, 6.45) is 9.67. The molecule has 1 aliphatic carbocycles. The highest BCUT2D eigenvalue weighted by Gasteiger charge is 2.34. The van der Waals surface area contributed by atoms with Crippen LogP contribution in [0, 0.1) is 12.8 Å². The first kappa shape index (κ1) is 23.6. The molecule has 0 aromatic heterocycles. The van der Waals surface area contributed by atoms with Crippen molar-refractivity contribution in [1.82, 2.24) is 5.32 Å². The Bertz CT molecular complexity index is 1070. The summed E-state index contributed by atoms with van der Waals surface area (Å²) in [7, 11) is 0. The van der Waals surface area contributed by atoms with E-state index in [-0.39, 0.29) is 11.8 Å². The molecule has 174 valence electrons. The molecule has 4 rings (SSSR count). The molecule has 33 heavy (non-hydrogen) atoms. The van der Waals surface area contributed by atoms with Crippen molar-refractivity contribution in [2.24, 2.45) is 5.92 Å². The number of carbonyl (C=O) groups excluding carboxylic acids is 1. The van der Waals surface area contributed by atoms with Crippen LogP contribution in [-0.2, 0) is 17.6 Å². The highest BCUT2D eigenvalue weighted by molar-refractivity contribution is 6.30. The molecule has 2 aromatic rings. The number of aryl methyl sites for hydroxylation is 3. The Hall–Kier alpha value is -2.52. The van der Waals surface area contributed by atoms with E-state index in [1.807, 2.05) is 11.0 Å². The van der Waals surface area contributed by atoms with Gasteiger partial charge in [-0.3, -0.25) is 4.79 Å². The molecule has 3 nitrogen and oxygen atoms in total. The van der Waals surface area contributed by atoms with Crippen molar-refractivity contribution >= 4 is 28.8 Å². The van der Waals surface area contributed by atoms with Crippen molar-refractivity contribution in [2.75, 3.05) is 18.0 Å². The van der Waals surface area contributed by atoms with Gasteiger partial charge in [0, 0.05) is 29.5 Å². The van der Waals surface area contributed by atoms with Gasteiger partial charge in [-0.25, -0.2) is 0 Å².